The van der Waals surface area contributed by atoms with Gasteiger partial charge in [-0.1, -0.05) is 25.0 Å². The van der Waals surface area contributed by atoms with Crippen molar-refractivity contribution >= 4 is 32.7 Å². The Kier molecular flexibility index (Phi) is 4.15. The number of hydrogen-bond donors (Lipinski definition) is 2. The van der Waals surface area contributed by atoms with Gasteiger partial charge in [-0.05, 0) is 25.0 Å². The molecule has 1 aromatic carbocycles. The van der Waals surface area contributed by atoms with Gasteiger partial charge in [-0.3, -0.25) is 10.1 Å². The predicted octanol–water partition coefficient (Wildman–Crippen LogP) is 2.25. The normalized spacial score (nSPS) is 16.2. The molecule has 1 aliphatic rings. The molecule has 118 valence electrons. The van der Waals surface area contributed by atoms with E-state index >= 15 is 0 Å². The SMILES string of the molecule is O=C(CCS(=O)(=O)C1CCCC1)Nc1nc2ccccc2[nH]1. The molecule has 1 aromatic heterocycles. The molecule has 22 heavy (non-hydrogen) atoms. The third kappa shape index (κ3) is 3.30. The van der Waals surface area contributed by atoms with Gasteiger partial charge in [0.15, 0.2) is 9.84 Å². The van der Waals surface area contributed by atoms with Crippen LogP contribution in [0.3, 0.4) is 0 Å². The van der Waals surface area contributed by atoms with E-state index in [1.165, 1.54) is 0 Å². The fraction of sp³-hybridized carbons (Fsp3) is 0.467. The second-order valence-corrected chi connectivity index (χ2v) is 8.07. The van der Waals surface area contributed by atoms with Crippen molar-refractivity contribution in [3.8, 4) is 0 Å². The number of nitrogens with one attached hydrogen (secondary N) is 2. The van der Waals surface area contributed by atoms with Crippen LogP contribution in [-0.2, 0) is 14.6 Å². The average molecular weight is 321 g/mol. The van der Waals surface area contributed by atoms with Gasteiger partial charge in [0.1, 0.15) is 0 Å². The summed E-state index contributed by atoms with van der Waals surface area (Å²) in [4.78, 5) is 19.1. The van der Waals surface area contributed by atoms with Crippen molar-refractivity contribution in [2.24, 2.45) is 0 Å². The Labute approximate surface area is 129 Å². The molecule has 0 unspecified atom stereocenters. The molecule has 1 heterocycles. The molecular formula is C15H19N3O3S. The number of imidazole rings is 1. The Morgan fingerprint density at radius 1 is 1.27 bits per heavy atom. The number of H-pyrrole nitrogens is 1. The molecule has 0 spiro atoms. The zero-order chi connectivity index (χ0) is 15.6. The van der Waals surface area contributed by atoms with E-state index in [0.29, 0.717) is 5.95 Å². The van der Waals surface area contributed by atoms with E-state index in [9.17, 15) is 13.2 Å². The van der Waals surface area contributed by atoms with Crippen molar-refractivity contribution in [2.75, 3.05) is 11.1 Å². The van der Waals surface area contributed by atoms with Gasteiger partial charge in [0.25, 0.3) is 0 Å². The highest BCUT2D eigenvalue weighted by atomic mass is 32.2. The van der Waals surface area contributed by atoms with E-state index in [1.807, 2.05) is 24.3 Å². The Morgan fingerprint density at radius 2 is 2.00 bits per heavy atom. The second-order valence-electron chi connectivity index (χ2n) is 5.67. The van der Waals surface area contributed by atoms with Crippen LogP contribution in [0.25, 0.3) is 11.0 Å². The van der Waals surface area contributed by atoms with Crippen LogP contribution in [-0.4, -0.2) is 35.3 Å². The molecule has 0 radical (unpaired) electrons. The molecule has 1 amide bonds. The largest absolute Gasteiger partial charge is 0.324 e. The number of hydrogen-bond acceptors (Lipinski definition) is 4. The van der Waals surface area contributed by atoms with Crippen LogP contribution in [0.1, 0.15) is 32.1 Å². The van der Waals surface area contributed by atoms with Crippen molar-refractivity contribution in [1.82, 2.24) is 9.97 Å². The van der Waals surface area contributed by atoms with Gasteiger partial charge >= 0.3 is 0 Å². The first kappa shape index (κ1) is 15.0. The zero-order valence-electron chi connectivity index (χ0n) is 12.2. The summed E-state index contributed by atoms with van der Waals surface area (Å²) in [6.45, 7) is 0. The van der Waals surface area contributed by atoms with Gasteiger partial charge in [-0.25, -0.2) is 13.4 Å². The fourth-order valence-corrected chi connectivity index (χ4v) is 4.71. The summed E-state index contributed by atoms with van der Waals surface area (Å²) in [5.74, 6) is -0.0749. The van der Waals surface area contributed by atoms with E-state index in [2.05, 4.69) is 15.3 Å². The molecule has 0 bridgehead atoms. The molecule has 1 aliphatic carbocycles. The van der Waals surface area contributed by atoms with Crippen LogP contribution in [0, 0.1) is 0 Å². The quantitative estimate of drug-likeness (QED) is 0.883. The lowest BCUT2D eigenvalue weighted by molar-refractivity contribution is -0.115. The van der Waals surface area contributed by atoms with Crippen LogP contribution in [0.4, 0.5) is 5.95 Å². The zero-order valence-corrected chi connectivity index (χ0v) is 13.0. The van der Waals surface area contributed by atoms with Crippen LogP contribution < -0.4 is 5.32 Å². The number of para-hydroxylation sites is 2. The number of rotatable bonds is 5. The number of aromatic amines is 1. The number of nitrogens with zero attached hydrogens (tertiary/aromatic N) is 1. The molecule has 0 aliphatic heterocycles. The third-order valence-corrected chi connectivity index (χ3v) is 6.33. The van der Waals surface area contributed by atoms with E-state index in [1.54, 1.807) is 0 Å². The summed E-state index contributed by atoms with van der Waals surface area (Å²) in [6.07, 6.45) is 3.36. The highest BCUT2D eigenvalue weighted by Gasteiger charge is 2.28. The van der Waals surface area contributed by atoms with Gasteiger partial charge in [0.05, 0.1) is 22.0 Å². The molecule has 3 rings (SSSR count). The van der Waals surface area contributed by atoms with Gasteiger partial charge in [-0.15, -0.1) is 0 Å². The molecule has 1 fully saturated rings. The Bertz CT molecular complexity index is 743. The molecule has 2 N–H and O–H groups in total. The summed E-state index contributed by atoms with van der Waals surface area (Å²) in [5.41, 5.74) is 1.59. The maximum atomic E-state index is 12.1. The van der Waals surface area contributed by atoms with Crippen LogP contribution in [0.5, 0.6) is 0 Å². The first-order valence-electron chi connectivity index (χ1n) is 7.51. The first-order valence-corrected chi connectivity index (χ1v) is 9.22. The fourth-order valence-electron chi connectivity index (χ4n) is 2.86. The van der Waals surface area contributed by atoms with Gasteiger partial charge in [0.2, 0.25) is 11.9 Å². The molecule has 6 nitrogen and oxygen atoms in total. The monoisotopic (exact) mass is 321 g/mol. The number of fused-ring (bicyclic) bond motifs is 1. The first-order chi connectivity index (χ1) is 10.5. The maximum Gasteiger partial charge on any atom is 0.227 e. The minimum Gasteiger partial charge on any atom is -0.324 e. The lowest BCUT2D eigenvalue weighted by Crippen LogP contribution is -2.24. The lowest BCUT2D eigenvalue weighted by atomic mass is 10.3. The highest BCUT2D eigenvalue weighted by molar-refractivity contribution is 7.92. The van der Waals surface area contributed by atoms with Gasteiger partial charge in [-0.2, -0.15) is 0 Å². The Hall–Kier alpha value is -1.89. The number of aromatic nitrogens is 2. The predicted molar refractivity (Wildman–Crippen MR) is 85.4 cm³/mol. The summed E-state index contributed by atoms with van der Waals surface area (Å²) >= 11 is 0. The number of carbonyl (C=O) groups excluding carboxylic acids is 1. The van der Waals surface area contributed by atoms with E-state index < -0.39 is 9.84 Å². The third-order valence-electron chi connectivity index (χ3n) is 4.07. The van der Waals surface area contributed by atoms with E-state index in [0.717, 1.165) is 36.7 Å². The van der Waals surface area contributed by atoms with Crippen molar-refractivity contribution < 1.29 is 13.2 Å². The summed E-state index contributed by atoms with van der Waals surface area (Å²) in [7, 11) is -3.16. The summed E-state index contributed by atoms with van der Waals surface area (Å²) in [5, 5.41) is 2.37. The van der Waals surface area contributed by atoms with Gasteiger partial charge < -0.3 is 4.98 Å². The van der Waals surface area contributed by atoms with Crippen molar-refractivity contribution in [2.45, 2.75) is 37.4 Å². The minimum absolute atomic E-state index is 0.0319. The van der Waals surface area contributed by atoms with Crippen LogP contribution in [0.2, 0.25) is 0 Å². The van der Waals surface area contributed by atoms with Crippen LogP contribution >= 0.6 is 0 Å². The summed E-state index contributed by atoms with van der Waals surface area (Å²) in [6, 6.07) is 7.44. The minimum atomic E-state index is -3.16. The summed E-state index contributed by atoms with van der Waals surface area (Å²) < 4.78 is 24.3. The average Bonchev–Trinajstić information content (AvgIpc) is 3.14. The standard InChI is InChI=1S/C15H19N3O3S/c19-14(9-10-22(20,21)11-5-1-2-6-11)18-15-16-12-7-3-4-8-13(12)17-15/h3-4,7-8,11H,1-2,5-6,9-10H2,(H2,16,17,18,19). The number of anilines is 1. The lowest BCUT2D eigenvalue weighted by Gasteiger charge is -2.10. The van der Waals surface area contributed by atoms with Crippen molar-refractivity contribution in [3.63, 3.8) is 0 Å². The molecular weight excluding hydrogens is 302 g/mol. The molecule has 0 saturated heterocycles. The van der Waals surface area contributed by atoms with E-state index in [-0.39, 0.29) is 23.3 Å². The number of sulfone groups is 1. The number of benzene rings is 1. The highest BCUT2D eigenvalue weighted by Crippen LogP contribution is 2.25. The number of carbonyl (C=O) groups is 1. The Morgan fingerprint density at radius 3 is 2.73 bits per heavy atom. The van der Waals surface area contributed by atoms with Crippen LogP contribution in [0.15, 0.2) is 24.3 Å². The van der Waals surface area contributed by atoms with Gasteiger partial charge in [0, 0.05) is 6.42 Å². The smallest absolute Gasteiger partial charge is 0.227 e. The van der Waals surface area contributed by atoms with E-state index in [4.69, 9.17) is 0 Å². The Balaban J connectivity index is 1.58. The van der Waals surface area contributed by atoms with Crippen molar-refractivity contribution in [1.29, 1.82) is 0 Å². The number of amides is 1. The molecule has 0 atom stereocenters. The maximum absolute atomic E-state index is 12.1. The molecule has 2 aromatic rings. The van der Waals surface area contributed by atoms with Crippen molar-refractivity contribution in [3.05, 3.63) is 24.3 Å². The molecule has 7 heteroatoms. The second kappa shape index (κ2) is 6.08. The topological polar surface area (TPSA) is 91.9 Å². The molecule has 1 saturated carbocycles.